The van der Waals surface area contributed by atoms with Crippen molar-refractivity contribution in [1.82, 2.24) is 10.6 Å². The molecule has 0 aromatic carbocycles. The van der Waals surface area contributed by atoms with Crippen molar-refractivity contribution in [3.63, 3.8) is 0 Å². The van der Waals surface area contributed by atoms with Crippen LogP contribution in [0.4, 0.5) is 0 Å². The van der Waals surface area contributed by atoms with Gasteiger partial charge in [-0.25, -0.2) is 9.79 Å². The van der Waals surface area contributed by atoms with Crippen LogP contribution < -0.4 is 22.1 Å². The second-order valence-corrected chi connectivity index (χ2v) is 11.1. The number of ketones is 1. The Labute approximate surface area is 274 Å². The molecule has 1 heterocycles. The Morgan fingerprint density at radius 2 is 1.60 bits per heavy atom. The summed E-state index contributed by atoms with van der Waals surface area (Å²) in [5.74, 6) is -3.63. The number of carbonyl (C=O) groups excluding carboxylic acids is 3. The van der Waals surface area contributed by atoms with Crippen molar-refractivity contribution < 1.29 is 57.8 Å². The summed E-state index contributed by atoms with van der Waals surface area (Å²) in [7, 11) is 0. The molecule has 17 nitrogen and oxygen atoms in total. The fourth-order valence-corrected chi connectivity index (χ4v) is 4.57. The topological polar surface area (TPSA) is 253 Å². The minimum Gasteiger partial charge on any atom is -0.478 e. The van der Waals surface area contributed by atoms with E-state index in [1.54, 1.807) is 0 Å². The monoisotopic (exact) mass is 673 g/mol. The first-order valence-corrected chi connectivity index (χ1v) is 15.9. The molecule has 2 amide bonds. The molecule has 17 heteroatoms. The Morgan fingerprint density at radius 1 is 1.00 bits per heavy atom. The van der Waals surface area contributed by atoms with E-state index in [1.165, 1.54) is 6.92 Å². The largest absolute Gasteiger partial charge is 0.478 e. The van der Waals surface area contributed by atoms with E-state index in [4.69, 9.17) is 39.9 Å². The van der Waals surface area contributed by atoms with E-state index < -0.39 is 54.6 Å². The van der Waals surface area contributed by atoms with Crippen LogP contribution in [-0.4, -0.2) is 136 Å². The van der Waals surface area contributed by atoms with Gasteiger partial charge >= 0.3 is 5.97 Å². The maximum atomic E-state index is 12.7. The van der Waals surface area contributed by atoms with E-state index in [9.17, 15) is 29.4 Å². The maximum Gasteiger partial charge on any atom is 0.370 e. The number of ether oxygens (including phenoxy) is 6. The number of aliphatic imine (C=N–C) groups is 1. The van der Waals surface area contributed by atoms with Crippen molar-refractivity contribution in [2.45, 2.75) is 76.3 Å². The number of nitrogens with one attached hydrogen (secondary N) is 2. The van der Waals surface area contributed by atoms with Crippen LogP contribution in [0, 0.1) is 5.92 Å². The van der Waals surface area contributed by atoms with E-state index in [0.29, 0.717) is 59.3 Å². The van der Waals surface area contributed by atoms with Gasteiger partial charge in [-0.1, -0.05) is 6.92 Å². The minimum absolute atomic E-state index is 0.0909. The van der Waals surface area contributed by atoms with Crippen molar-refractivity contribution in [2.24, 2.45) is 22.4 Å². The highest BCUT2D eigenvalue weighted by molar-refractivity contribution is 5.85. The number of nitrogens with zero attached hydrogens (tertiary/aromatic N) is 1. The van der Waals surface area contributed by atoms with Crippen LogP contribution in [0.3, 0.4) is 0 Å². The molecular formula is C30H51N5O12. The van der Waals surface area contributed by atoms with Crippen LogP contribution >= 0.6 is 0 Å². The average Bonchev–Trinajstić information content (AvgIpc) is 3.86. The fraction of sp³-hybridized carbons (Fsp3) is 0.767. The molecule has 5 atom stereocenters. The molecule has 1 saturated carbocycles. The van der Waals surface area contributed by atoms with Gasteiger partial charge < -0.3 is 60.7 Å². The van der Waals surface area contributed by atoms with E-state index in [2.05, 4.69) is 15.6 Å². The summed E-state index contributed by atoms with van der Waals surface area (Å²) >= 11 is 0. The summed E-state index contributed by atoms with van der Waals surface area (Å²) in [5, 5.41) is 26.1. The first kappa shape index (κ1) is 39.8. The lowest BCUT2D eigenvalue weighted by atomic mass is 9.91. The lowest BCUT2D eigenvalue weighted by molar-refractivity contribution is -0.155. The Bertz CT molecular complexity index is 1050. The van der Waals surface area contributed by atoms with Gasteiger partial charge in [0.15, 0.2) is 17.8 Å². The van der Waals surface area contributed by atoms with Gasteiger partial charge in [-0.3, -0.25) is 14.4 Å². The molecule has 47 heavy (non-hydrogen) atoms. The number of rotatable bonds is 26. The van der Waals surface area contributed by atoms with Gasteiger partial charge in [0.1, 0.15) is 18.8 Å². The zero-order valence-electron chi connectivity index (χ0n) is 27.2. The molecule has 0 radical (unpaired) electrons. The third-order valence-corrected chi connectivity index (χ3v) is 6.97. The molecule has 0 spiro atoms. The zero-order valence-corrected chi connectivity index (χ0v) is 27.2. The van der Waals surface area contributed by atoms with Crippen LogP contribution in [0.25, 0.3) is 0 Å². The number of aliphatic carboxylic acids is 1. The standard InChI is InChI=1S/C30H51N5O12/c1-3-8-42-10-12-44-14-15-45-13-11-43-9-4-5-21(37)18-46-26(23(38)17-33-28(39)20-6-7-20)27-25(34-19(2)36)22(35-30(31)32)16-24(47-27)29(40)41/h16,20,22-23,25-27,38H,3-15,17-18H2,1-2H3,(H,33,39)(H,34,36)(H,40,41)(H4,31,32,35)/t22-,23+,25+,26+,27+/m0/s1. The Morgan fingerprint density at radius 3 is 2.13 bits per heavy atom. The Kier molecular flexibility index (Phi) is 18.9. The predicted molar refractivity (Wildman–Crippen MR) is 167 cm³/mol. The first-order valence-electron chi connectivity index (χ1n) is 15.9. The number of amides is 2. The van der Waals surface area contributed by atoms with Crippen molar-refractivity contribution in [2.75, 3.05) is 66.0 Å². The van der Waals surface area contributed by atoms with Crippen molar-refractivity contribution in [1.29, 1.82) is 0 Å². The number of carboxylic acids is 1. The lowest BCUT2D eigenvalue weighted by Crippen LogP contribution is -2.61. The molecule has 0 aromatic heterocycles. The molecule has 1 aliphatic heterocycles. The molecule has 2 rings (SSSR count). The average molecular weight is 674 g/mol. The molecule has 268 valence electrons. The van der Waals surface area contributed by atoms with Crippen molar-refractivity contribution in [3.05, 3.63) is 11.8 Å². The second kappa shape index (κ2) is 22.3. The highest BCUT2D eigenvalue weighted by Crippen LogP contribution is 2.29. The van der Waals surface area contributed by atoms with Crippen LogP contribution in [-0.2, 0) is 47.6 Å². The molecule has 1 aliphatic carbocycles. The number of aliphatic hydroxyl groups is 1. The second-order valence-electron chi connectivity index (χ2n) is 11.1. The lowest BCUT2D eigenvalue weighted by Gasteiger charge is -2.40. The molecule has 0 bridgehead atoms. The third-order valence-electron chi connectivity index (χ3n) is 6.97. The number of aliphatic hydroxyl groups excluding tert-OH is 1. The van der Waals surface area contributed by atoms with Crippen LogP contribution in [0.15, 0.2) is 16.8 Å². The highest BCUT2D eigenvalue weighted by atomic mass is 16.6. The number of nitrogens with two attached hydrogens (primary N) is 2. The number of hydrogen-bond donors (Lipinski definition) is 6. The van der Waals surface area contributed by atoms with E-state index in [1.807, 2.05) is 6.92 Å². The van der Waals surface area contributed by atoms with E-state index in [-0.39, 0.29) is 36.5 Å². The molecule has 1 fully saturated rings. The van der Waals surface area contributed by atoms with Gasteiger partial charge in [0, 0.05) is 39.0 Å². The first-order chi connectivity index (χ1) is 22.5. The summed E-state index contributed by atoms with van der Waals surface area (Å²) < 4.78 is 33.2. The SMILES string of the molecule is CCCOCCOCCOCCOCCCC(=O)CO[C@@H]([C@@H]1OC(C(=O)O)=C[C@H](N=C(N)N)[C@H]1NC(C)=O)[C@H](O)CNC(=O)C1CC1. The summed E-state index contributed by atoms with van der Waals surface area (Å²) in [6.45, 7) is 6.16. The van der Waals surface area contributed by atoms with Gasteiger partial charge in [0.2, 0.25) is 17.6 Å². The number of Topliss-reactive ketones (excluding diaryl/α,β-unsaturated/α-hetero) is 1. The molecule has 0 unspecified atom stereocenters. The van der Waals surface area contributed by atoms with Gasteiger partial charge in [-0.15, -0.1) is 0 Å². The Hall–Kier alpha value is -3.35. The molecule has 8 N–H and O–H groups in total. The number of carbonyl (C=O) groups is 4. The summed E-state index contributed by atoms with van der Waals surface area (Å²) in [6.07, 6.45) is -0.193. The van der Waals surface area contributed by atoms with Gasteiger partial charge in [0.25, 0.3) is 0 Å². The summed E-state index contributed by atoms with van der Waals surface area (Å²) in [4.78, 5) is 53.0. The van der Waals surface area contributed by atoms with Gasteiger partial charge in [-0.2, -0.15) is 0 Å². The minimum atomic E-state index is -1.47. The number of guanidine groups is 1. The highest BCUT2D eigenvalue weighted by Gasteiger charge is 2.45. The summed E-state index contributed by atoms with van der Waals surface area (Å²) in [5.41, 5.74) is 11.1. The molecule has 2 aliphatic rings. The van der Waals surface area contributed by atoms with E-state index in [0.717, 1.165) is 25.3 Å². The number of carboxylic acid groups (broad SMARTS) is 1. The fourth-order valence-electron chi connectivity index (χ4n) is 4.57. The summed E-state index contributed by atoms with van der Waals surface area (Å²) in [6, 6.07) is -2.21. The van der Waals surface area contributed by atoms with Gasteiger partial charge in [0.05, 0.1) is 51.7 Å². The normalized spacial score (nSPS) is 20.3. The quantitative estimate of drug-likeness (QED) is 0.0351. The maximum absolute atomic E-state index is 12.7. The number of hydrogen-bond acceptors (Lipinski definition) is 12. The zero-order chi connectivity index (χ0) is 34.6. The van der Waals surface area contributed by atoms with Crippen molar-refractivity contribution in [3.8, 4) is 0 Å². The predicted octanol–water partition coefficient (Wildman–Crippen LogP) is -1.40. The molecular weight excluding hydrogens is 622 g/mol. The smallest absolute Gasteiger partial charge is 0.370 e. The molecule has 0 saturated heterocycles. The van der Waals surface area contributed by atoms with Crippen LogP contribution in [0.1, 0.15) is 46.0 Å². The van der Waals surface area contributed by atoms with Crippen molar-refractivity contribution >= 4 is 29.5 Å². The van der Waals surface area contributed by atoms with Crippen LogP contribution in [0.5, 0.6) is 0 Å². The Balaban J connectivity index is 1.91. The molecule has 0 aromatic rings. The van der Waals surface area contributed by atoms with E-state index >= 15 is 0 Å². The third kappa shape index (κ3) is 16.4. The van der Waals surface area contributed by atoms with Crippen LogP contribution in [0.2, 0.25) is 0 Å². The van der Waals surface area contributed by atoms with Gasteiger partial charge in [-0.05, 0) is 31.8 Å².